The average Bonchev–Trinajstić information content (AvgIpc) is 2.32. The summed E-state index contributed by atoms with van der Waals surface area (Å²) in [6, 6.07) is 0. The normalized spacial score (nSPS) is 40.9. The van der Waals surface area contributed by atoms with Crippen LogP contribution in [0.4, 0.5) is 4.39 Å². The molecule has 1 aliphatic heterocycles. The summed E-state index contributed by atoms with van der Waals surface area (Å²) in [4.78, 5) is 1.69. The minimum absolute atomic E-state index is 0.374. The number of nitrogens with one attached hydrogen (secondary N) is 1. The van der Waals surface area contributed by atoms with Gasteiger partial charge in [0.15, 0.2) is 0 Å². The Morgan fingerprint density at radius 2 is 1.94 bits per heavy atom. The molecule has 0 aromatic heterocycles. The molecule has 2 fully saturated rings. The molecule has 1 saturated heterocycles. The van der Waals surface area contributed by atoms with Crippen molar-refractivity contribution in [2.75, 3.05) is 19.6 Å². The van der Waals surface area contributed by atoms with Gasteiger partial charge in [0.05, 0.1) is 19.6 Å². The molecule has 0 aromatic rings. The Morgan fingerprint density at radius 1 is 1.12 bits per heavy atom. The van der Waals surface area contributed by atoms with Gasteiger partial charge in [-0.25, -0.2) is 4.39 Å². The molecule has 4 unspecified atom stereocenters. The van der Waals surface area contributed by atoms with Gasteiger partial charge in [-0.15, -0.1) is 0 Å². The van der Waals surface area contributed by atoms with Crippen molar-refractivity contribution < 1.29 is 9.29 Å². The van der Waals surface area contributed by atoms with Crippen LogP contribution in [0.15, 0.2) is 0 Å². The van der Waals surface area contributed by atoms with Crippen LogP contribution in [-0.4, -0.2) is 25.8 Å². The van der Waals surface area contributed by atoms with Crippen LogP contribution in [-0.2, 0) is 0 Å². The van der Waals surface area contributed by atoms with Crippen LogP contribution in [0.1, 0.15) is 51.9 Å². The number of rotatable bonds is 3. The second-order valence-electron chi connectivity index (χ2n) is 5.89. The van der Waals surface area contributed by atoms with Gasteiger partial charge in [0.2, 0.25) is 0 Å². The zero-order valence-electron chi connectivity index (χ0n) is 10.7. The number of likely N-dealkylation sites (tertiary alicyclic amines) is 1. The van der Waals surface area contributed by atoms with Gasteiger partial charge in [-0.1, -0.05) is 19.8 Å². The summed E-state index contributed by atoms with van der Waals surface area (Å²) < 4.78 is 13.8. The highest BCUT2D eigenvalue weighted by atomic mass is 19.1. The maximum absolute atomic E-state index is 13.8. The molecule has 1 saturated carbocycles. The van der Waals surface area contributed by atoms with Gasteiger partial charge in [0.25, 0.3) is 0 Å². The van der Waals surface area contributed by atoms with Crippen molar-refractivity contribution in [1.29, 1.82) is 0 Å². The number of quaternary nitrogens is 1. The summed E-state index contributed by atoms with van der Waals surface area (Å²) in [5.41, 5.74) is 0. The smallest absolute Gasteiger partial charge is 0.108 e. The summed E-state index contributed by atoms with van der Waals surface area (Å²) in [6.07, 6.45) is 7.92. The third-order valence-electron chi connectivity index (χ3n) is 4.66. The van der Waals surface area contributed by atoms with Gasteiger partial charge in [0.1, 0.15) is 6.17 Å². The van der Waals surface area contributed by atoms with Crippen LogP contribution < -0.4 is 4.90 Å². The molecule has 1 aliphatic carbocycles. The summed E-state index contributed by atoms with van der Waals surface area (Å²) in [7, 11) is 0. The van der Waals surface area contributed by atoms with E-state index in [0.717, 1.165) is 31.7 Å². The van der Waals surface area contributed by atoms with Gasteiger partial charge in [-0.2, -0.15) is 0 Å². The summed E-state index contributed by atoms with van der Waals surface area (Å²) in [6.45, 7) is 6.00. The van der Waals surface area contributed by atoms with Crippen LogP contribution in [0.25, 0.3) is 0 Å². The van der Waals surface area contributed by atoms with E-state index in [9.17, 15) is 4.39 Å². The minimum Gasteiger partial charge on any atom is -0.334 e. The predicted molar refractivity (Wildman–Crippen MR) is 65.4 cm³/mol. The first-order chi connectivity index (χ1) is 7.79. The molecular formula is C14H27FN+. The first-order valence-corrected chi connectivity index (χ1v) is 7.27. The molecule has 16 heavy (non-hydrogen) atoms. The number of hydrogen-bond acceptors (Lipinski definition) is 0. The van der Waals surface area contributed by atoms with Crippen LogP contribution in [0, 0.1) is 11.8 Å². The van der Waals surface area contributed by atoms with Crippen LogP contribution in [0.2, 0.25) is 0 Å². The maximum atomic E-state index is 13.8. The third kappa shape index (κ3) is 3.19. The van der Waals surface area contributed by atoms with E-state index in [2.05, 4.69) is 6.92 Å². The van der Waals surface area contributed by atoms with E-state index in [1.165, 1.54) is 38.8 Å². The van der Waals surface area contributed by atoms with Crippen molar-refractivity contribution in [2.24, 2.45) is 11.8 Å². The lowest BCUT2D eigenvalue weighted by atomic mass is 9.86. The summed E-state index contributed by atoms with van der Waals surface area (Å²) >= 11 is 0. The molecule has 1 heterocycles. The summed E-state index contributed by atoms with van der Waals surface area (Å²) in [5.74, 6) is 1.28. The van der Waals surface area contributed by atoms with E-state index < -0.39 is 6.17 Å². The SMILES string of the molecule is CCC1CCC[NH+](CC2CCCCC2F)C1. The largest absolute Gasteiger partial charge is 0.334 e. The summed E-state index contributed by atoms with van der Waals surface area (Å²) in [5, 5.41) is 0. The standard InChI is InChI=1S/C14H26FN/c1-2-12-6-5-9-16(10-12)11-13-7-3-4-8-14(13)15/h12-14H,2-11H2,1H3/p+1. The van der Waals surface area contributed by atoms with Crippen LogP contribution >= 0.6 is 0 Å². The van der Waals surface area contributed by atoms with Crippen molar-refractivity contribution in [1.82, 2.24) is 0 Å². The number of halogens is 1. The fourth-order valence-electron chi connectivity index (χ4n) is 3.55. The Balaban J connectivity index is 1.79. The third-order valence-corrected chi connectivity index (χ3v) is 4.66. The molecule has 0 aromatic carbocycles. The highest BCUT2D eigenvalue weighted by Gasteiger charge is 2.30. The van der Waals surface area contributed by atoms with E-state index in [-0.39, 0.29) is 0 Å². The van der Waals surface area contributed by atoms with E-state index in [4.69, 9.17) is 0 Å². The molecule has 94 valence electrons. The fourth-order valence-corrected chi connectivity index (χ4v) is 3.55. The maximum Gasteiger partial charge on any atom is 0.108 e. The van der Waals surface area contributed by atoms with Gasteiger partial charge in [-0.3, -0.25) is 0 Å². The lowest BCUT2D eigenvalue weighted by Gasteiger charge is -2.34. The molecule has 0 amide bonds. The molecule has 2 rings (SSSR count). The van der Waals surface area contributed by atoms with E-state index >= 15 is 0 Å². The van der Waals surface area contributed by atoms with Crippen LogP contribution in [0.5, 0.6) is 0 Å². The molecule has 0 bridgehead atoms. The lowest BCUT2D eigenvalue weighted by Crippen LogP contribution is -3.14. The van der Waals surface area contributed by atoms with Gasteiger partial charge in [-0.05, 0) is 32.1 Å². The molecule has 0 spiro atoms. The Morgan fingerprint density at radius 3 is 2.69 bits per heavy atom. The fraction of sp³-hybridized carbons (Fsp3) is 1.00. The Labute approximate surface area is 99.4 Å². The first kappa shape index (κ1) is 12.3. The quantitative estimate of drug-likeness (QED) is 0.755. The monoisotopic (exact) mass is 228 g/mol. The topological polar surface area (TPSA) is 4.44 Å². The molecule has 1 nitrogen and oxygen atoms in total. The molecule has 0 radical (unpaired) electrons. The highest BCUT2D eigenvalue weighted by molar-refractivity contribution is 4.74. The highest BCUT2D eigenvalue weighted by Crippen LogP contribution is 2.26. The lowest BCUT2D eigenvalue weighted by molar-refractivity contribution is -0.912. The number of piperidine rings is 1. The predicted octanol–water partition coefficient (Wildman–Crippen LogP) is 2.22. The van der Waals surface area contributed by atoms with Crippen molar-refractivity contribution in [3.63, 3.8) is 0 Å². The van der Waals surface area contributed by atoms with Crippen molar-refractivity contribution in [3.05, 3.63) is 0 Å². The Hall–Kier alpha value is -0.110. The van der Waals surface area contributed by atoms with Crippen molar-refractivity contribution in [2.45, 2.75) is 58.0 Å². The number of hydrogen-bond donors (Lipinski definition) is 1. The molecule has 2 aliphatic rings. The first-order valence-electron chi connectivity index (χ1n) is 7.27. The second kappa shape index (κ2) is 6.00. The number of alkyl halides is 1. The molecule has 2 heteroatoms. The van der Waals surface area contributed by atoms with Crippen LogP contribution in [0.3, 0.4) is 0 Å². The van der Waals surface area contributed by atoms with Gasteiger partial charge < -0.3 is 4.90 Å². The molecule has 4 atom stereocenters. The van der Waals surface area contributed by atoms with E-state index in [0.29, 0.717) is 5.92 Å². The zero-order valence-corrected chi connectivity index (χ0v) is 10.7. The molecule has 1 N–H and O–H groups in total. The van der Waals surface area contributed by atoms with Crippen molar-refractivity contribution in [3.8, 4) is 0 Å². The van der Waals surface area contributed by atoms with Gasteiger partial charge >= 0.3 is 0 Å². The van der Waals surface area contributed by atoms with Gasteiger partial charge in [0, 0.05) is 11.8 Å². The average molecular weight is 228 g/mol. The Bertz CT molecular complexity index is 207. The van der Waals surface area contributed by atoms with E-state index in [1.807, 2.05) is 0 Å². The van der Waals surface area contributed by atoms with Crippen molar-refractivity contribution >= 4 is 0 Å². The second-order valence-corrected chi connectivity index (χ2v) is 5.89. The molecular weight excluding hydrogens is 201 g/mol. The Kier molecular flexibility index (Phi) is 4.63. The minimum atomic E-state index is -0.497. The zero-order chi connectivity index (χ0) is 11.4. The van der Waals surface area contributed by atoms with E-state index in [1.54, 1.807) is 4.90 Å².